The predicted octanol–water partition coefficient (Wildman–Crippen LogP) is 2.81. The van der Waals surface area contributed by atoms with Crippen molar-refractivity contribution in [1.29, 1.82) is 0 Å². The average Bonchev–Trinajstić information content (AvgIpc) is 2.70. The van der Waals surface area contributed by atoms with Crippen LogP contribution in [0.3, 0.4) is 0 Å². The Morgan fingerprint density at radius 2 is 2.20 bits per heavy atom. The summed E-state index contributed by atoms with van der Waals surface area (Å²) in [7, 11) is 0. The van der Waals surface area contributed by atoms with Crippen LogP contribution in [0.15, 0.2) is 17.5 Å². The molecule has 0 saturated carbocycles. The van der Waals surface area contributed by atoms with Crippen LogP contribution in [0.4, 0.5) is 0 Å². The second kappa shape index (κ2) is 6.26. The second-order valence-corrected chi connectivity index (χ2v) is 5.26. The van der Waals surface area contributed by atoms with Crippen LogP contribution in [0.5, 0.6) is 0 Å². The van der Waals surface area contributed by atoms with Crippen molar-refractivity contribution in [2.24, 2.45) is 5.92 Å². The maximum atomic E-state index is 10.1. The SMILES string of the molecule is CCC(NCC(C)C)C(O)c1cccs1. The third-order valence-electron chi connectivity index (χ3n) is 2.44. The van der Waals surface area contributed by atoms with Crippen molar-refractivity contribution >= 4 is 11.3 Å². The van der Waals surface area contributed by atoms with Crippen LogP contribution in [0.1, 0.15) is 38.2 Å². The van der Waals surface area contributed by atoms with Gasteiger partial charge in [-0.05, 0) is 30.3 Å². The Balaban J connectivity index is 2.51. The summed E-state index contributed by atoms with van der Waals surface area (Å²) in [6.07, 6.45) is 0.583. The number of hydrogen-bond acceptors (Lipinski definition) is 3. The first-order chi connectivity index (χ1) is 7.15. The molecule has 2 atom stereocenters. The normalized spacial score (nSPS) is 15.5. The van der Waals surface area contributed by atoms with Crippen molar-refractivity contribution in [3.05, 3.63) is 22.4 Å². The van der Waals surface area contributed by atoms with Crippen LogP contribution < -0.4 is 5.32 Å². The largest absolute Gasteiger partial charge is 0.386 e. The fourth-order valence-electron chi connectivity index (χ4n) is 1.52. The zero-order valence-electron chi connectivity index (χ0n) is 9.73. The van der Waals surface area contributed by atoms with E-state index in [0.29, 0.717) is 5.92 Å². The lowest BCUT2D eigenvalue weighted by Gasteiger charge is -2.23. The van der Waals surface area contributed by atoms with Crippen molar-refractivity contribution in [3.8, 4) is 0 Å². The molecule has 1 heterocycles. The molecule has 1 aromatic heterocycles. The van der Waals surface area contributed by atoms with Gasteiger partial charge in [-0.3, -0.25) is 0 Å². The molecule has 1 rings (SSSR count). The Kier molecular flexibility index (Phi) is 5.29. The second-order valence-electron chi connectivity index (χ2n) is 4.28. The van der Waals surface area contributed by atoms with Gasteiger partial charge in [0.05, 0.1) is 0 Å². The highest BCUT2D eigenvalue weighted by atomic mass is 32.1. The fourth-order valence-corrected chi connectivity index (χ4v) is 2.30. The molecule has 0 aliphatic carbocycles. The molecular weight excluding hydrogens is 206 g/mol. The topological polar surface area (TPSA) is 32.3 Å². The van der Waals surface area contributed by atoms with Gasteiger partial charge in [-0.25, -0.2) is 0 Å². The van der Waals surface area contributed by atoms with E-state index < -0.39 is 0 Å². The van der Waals surface area contributed by atoms with Gasteiger partial charge in [0.15, 0.2) is 0 Å². The van der Waals surface area contributed by atoms with E-state index in [0.717, 1.165) is 17.8 Å². The van der Waals surface area contributed by atoms with Gasteiger partial charge < -0.3 is 10.4 Å². The summed E-state index contributed by atoms with van der Waals surface area (Å²) in [4.78, 5) is 1.05. The Morgan fingerprint density at radius 1 is 1.47 bits per heavy atom. The summed E-state index contributed by atoms with van der Waals surface area (Å²) in [5.74, 6) is 0.620. The fraction of sp³-hybridized carbons (Fsp3) is 0.667. The Labute approximate surface area is 96.3 Å². The van der Waals surface area contributed by atoms with E-state index in [1.165, 1.54) is 0 Å². The van der Waals surface area contributed by atoms with Crippen molar-refractivity contribution in [1.82, 2.24) is 5.32 Å². The van der Waals surface area contributed by atoms with Gasteiger partial charge in [-0.2, -0.15) is 0 Å². The first-order valence-electron chi connectivity index (χ1n) is 5.60. The summed E-state index contributed by atoms with van der Waals surface area (Å²) in [5.41, 5.74) is 0. The summed E-state index contributed by atoms with van der Waals surface area (Å²) >= 11 is 1.62. The molecule has 0 saturated heterocycles. The van der Waals surface area contributed by atoms with Crippen LogP contribution in [-0.2, 0) is 0 Å². The summed E-state index contributed by atoms with van der Waals surface area (Å²) < 4.78 is 0. The molecular formula is C12H21NOS. The lowest BCUT2D eigenvalue weighted by molar-refractivity contribution is 0.127. The molecule has 3 heteroatoms. The molecule has 2 nitrogen and oxygen atoms in total. The van der Waals surface area contributed by atoms with Crippen molar-refractivity contribution in [3.63, 3.8) is 0 Å². The van der Waals surface area contributed by atoms with E-state index >= 15 is 0 Å². The molecule has 2 N–H and O–H groups in total. The first kappa shape index (κ1) is 12.7. The summed E-state index contributed by atoms with van der Waals surface area (Å²) in [5, 5.41) is 15.6. The molecule has 0 bridgehead atoms. The number of thiophene rings is 1. The molecule has 0 aliphatic heterocycles. The number of hydrogen-bond donors (Lipinski definition) is 2. The number of aliphatic hydroxyl groups is 1. The number of nitrogens with one attached hydrogen (secondary N) is 1. The zero-order chi connectivity index (χ0) is 11.3. The van der Waals surface area contributed by atoms with Gasteiger partial charge in [0.1, 0.15) is 6.10 Å². The summed E-state index contributed by atoms with van der Waals surface area (Å²) in [6, 6.07) is 4.15. The Morgan fingerprint density at radius 3 is 2.67 bits per heavy atom. The molecule has 1 aromatic rings. The molecule has 15 heavy (non-hydrogen) atoms. The van der Waals surface area contributed by atoms with Crippen molar-refractivity contribution in [2.75, 3.05) is 6.54 Å². The van der Waals surface area contributed by atoms with E-state index in [2.05, 4.69) is 26.1 Å². The number of rotatable bonds is 6. The van der Waals surface area contributed by atoms with Crippen molar-refractivity contribution in [2.45, 2.75) is 39.3 Å². The van der Waals surface area contributed by atoms with E-state index in [-0.39, 0.29) is 12.1 Å². The molecule has 0 spiro atoms. The third-order valence-corrected chi connectivity index (χ3v) is 3.39. The van der Waals surface area contributed by atoms with Crippen LogP contribution in [0, 0.1) is 5.92 Å². The maximum absolute atomic E-state index is 10.1. The smallest absolute Gasteiger partial charge is 0.103 e. The molecule has 0 amide bonds. The van der Waals surface area contributed by atoms with Gasteiger partial charge in [0.25, 0.3) is 0 Å². The lowest BCUT2D eigenvalue weighted by atomic mass is 10.1. The lowest BCUT2D eigenvalue weighted by Crippen LogP contribution is -2.36. The highest BCUT2D eigenvalue weighted by Crippen LogP contribution is 2.23. The third kappa shape index (κ3) is 3.93. The first-order valence-corrected chi connectivity index (χ1v) is 6.48. The Bertz CT molecular complexity index is 259. The molecule has 0 aromatic carbocycles. The summed E-state index contributed by atoms with van der Waals surface area (Å²) in [6.45, 7) is 7.42. The minimum Gasteiger partial charge on any atom is -0.386 e. The standard InChI is InChI=1S/C12H21NOS/c1-4-10(13-8-9(2)3)12(14)11-6-5-7-15-11/h5-7,9-10,12-14H,4,8H2,1-3H3. The molecule has 2 unspecified atom stereocenters. The van der Waals surface area contributed by atoms with Crippen LogP contribution in [0.2, 0.25) is 0 Å². The zero-order valence-corrected chi connectivity index (χ0v) is 10.6. The quantitative estimate of drug-likeness (QED) is 0.783. The van der Waals surface area contributed by atoms with Gasteiger partial charge in [-0.1, -0.05) is 26.8 Å². The van der Waals surface area contributed by atoms with E-state index in [4.69, 9.17) is 0 Å². The minimum absolute atomic E-state index is 0.172. The van der Waals surface area contributed by atoms with E-state index in [1.54, 1.807) is 11.3 Å². The van der Waals surface area contributed by atoms with Gasteiger partial charge in [0.2, 0.25) is 0 Å². The van der Waals surface area contributed by atoms with E-state index in [9.17, 15) is 5.11 Å². The van der Waals surface area contributed by atoms with Crippen LogP contribution in [-0.4, -0.2) is 17.7 Å². The average molecular weight is 227 g/mol. The Hall–Kier alpha value is -0.380. The van der Waals surface area contributed by atoms with E-state index in [1.807, 2.05) is 17.5 Å². The van der Waals surface area contributed by atoms with Crippen LogP contribution in [0.25, 0.3) is 0 Å². The molecule has 0 radical (unpaired) electrons. The maximum Gasteiger partial charge on any atom is 0.103 e. The predicted molar refractivity (Wildman–Crippen MR) is 66.2 cm³/mol. The highest BCUT2D eigenvalue weighted by Gasteiger charge is 2.19. The van der Waals surface area contributed by atoms with Gasteiger partial charge in [-0.15, -0.1) is 11.3 Å². The van der Waals surface area contributed by atoms with Crippen LogP contribution >= 0.6 is 11.3 Å². The van der Waals surface area contributed by atoms with Gasteiger partial charge in [0, 0.05) is 10.9 Å². The molecule has 0 fully saturated rings. The van der Waals surface area contributed by atoms with Crippen molar-refractivity contribution < 1.29 is 5.11 Å². The molecule has 86 valence electrons. The minimum atomic E-state index is -0.367. The molecule has 0 aliphatic rings. The van der Waals surface area contributed by atoms with Gasteiger partial charge >= 0.3 is 0 Å². The number of aliphatic hydroxyl groups excluding tert-OH is 1. The highest BCUT2D eigenvalue weighted by molar-refractivity contribution is 7.10. The monoisotopic (exact) mass is 227 g/mol.